The van der Waals surface area contributed by atoms with Crippen LogP contribution in [-0.2, 0) is 24.3 Å². The Labute approximate surface area is 122 Å². The zero-order valence-electron chi connectivity index (χ0n) is 11.7. The van der Waals surface area contributed by atoms with Crippen molar-refractivity contribution in [2.45, 2.75) is 17.9 Å². The van der Waals surface area contributed by atoms with Crippen molar-refractivity contribution < 1.29 is 27.1 Å². The van der Waals surface area contributed by atoms with Crippen molar-refractivity contribution in [2.75, 3.05) is 26.8 Å². The van der Waals surface area contributed by atoms with Gasteiger partial charge in [0, 0.05) is 6.54 Å². The van der Waals surface area contributed by atoms with Gasteiger partial charge in [0.25, 0.3) is 0 Å². The minimum absolute atomic E-state index is 0.0481. The molecule has 0 aliphatic carbocycles. The molecule has 1 aliphatic rings. The highest BCUT2D eigenvalue weighted by Gasteiger charge is 2.35. The van der Waals surface area contributed by atoms with Crippen LogP contribution in [0.25, 0.3) is 0 Å². The van der Waals surface area contributed by atoms with Gasteiger partial charge in [-0.05, 0) is 24.6 Å². The second kappa shape index (κ2) is 6.08. The number of morpholine rings is 1. The van der Waals surface area contributed by atoms with E-state index in [0.717, 1.165) is 10.4 Å². The van der Waals surface area contributed by atoms with Gasteiger partial charge in [-0.2, -0.15) is 4.31 Å². The molecule has 2 rings (SSSR count). The molecule has 0 radical (unpaired) electrons. The number of methoxy groups -OCH3 is 1. The summed E-state index contributed by atoms with van der Waals surface area (Å²) in [5.41, 5.74) is 0.626. The van der Waals surface area contributed by atoms with Gasteiger partial charge in [0.05, 0.1) is 20.3 Å². The first-order valence-electron chi connectivity index (χ1n) is 6.32. The smallest absolute Gasteiger partial charge is 0.336 e. The molecule has 6 nitrogen and oxygen atoms in total. The molecule has 1 atom stereocenters. The minimum atomic E-state index is -4.01. The summed E-state index contributed by atoms with van der Waals surface area (Å²) in [7, 11) is -2.82. The standard InChI is InChI=1S/C13H16FNO5S/c1-9-3-4-12(10(14)7-9)21(17,18)15-5-6-20-11(8-15)13(16)19-2/h3-4,7,11H,5-6,8H2,1-2H3/t11-/m0/s1. The molecule has 116 valence electrons. The van der Waals surface area contributed by atoms with E-state index in [2.05, 4.69) is 4.74 Å². The van der Waals surface area contributed by atoms with Crippen LogP contribution in [-0.4, -0.2) is 51.6 Å². The second-order valence-corrected chi connectivity index (χ2v) is 6.59. The van der Waals surface area contributed by atoms with Crippen LogP contribution >= 0.6 is 0 Å². The van der Waals surface area contributed by atoms with E-state index in [1.165, 1.54) is 19.2 Å². The van der Waals surface area contributed by atoms with E-state index < -0.39 is 32.8 Å². The normalized spacial score (nSPS) is 20.2. The number of esters is 1. The van der Waals surface area contributed by atoms with Crippen molar-refractivity contribution in [2.24, 2.45) is 0 Å². The molecule has 21 heavy (non-hydrogen) atoms. The highest BCUT2D eigenvalue weighted by atomic mass is 32.2. The van der Waals surface area contributed by atoms with E-state index in [-0.39, 0.29) is 19.7 Å². The molecule has 0 bridgehead atoms. The molecule has 0 amide bonds. The highest BCUT2D eigenvalue weighted by molar-refractivity contribution is 7.89. The summed E-state index contributed by atoms with van der Waals surface area (Å²) < 4.78 is 49.5. The van der Waals surface area contributed by atoms with Crippen LogP contribution in [0.2, 0.25) is 0 Å². The Kier molecular flexibility index (Phi) is 4.60. The van der Waals surface area contributed by atoms with Crippen LogP contribution in [0.3, 0.4) is 0 Å². The molecule has 0 aromatic heterocycles. The number of carbonyl (C=O) groups excluding carboxylic acids is 1. The number of hydrogen-bond donors (Lipinski definition) is 0. The summed E-state index contributed by atoms with van der Waals surface area (Å²) >= 11 is 0. The molecule has 1 heterocycles. The van der Waals surface area contributed by atoms with Crippen LogP contribution in [0, 0.1) is 12.7 Å². The predicted molar refractivity (Wildman–Crippen MR) is 71.7 cm³/mol. The zero-order valence-corrected chi connectivity index (χ0v) is 12.5. The van der Waals surface area contributed by atoms with Crippen molar-refractivity contribution in [3.05, 3.63) is 29.6 Å². The highest BCUT2D eigenvalue weighted by Crippen LogP contribution is 2.22. The maximum atomic E-state index is 13.9. The van der Waals surface area contributed by atoms with Gasteiger partial charge in [-0.25, -0.2) is 17.6 Å². The summed E-state index contributed by atoms with van der Waals surface area (Å²) in [6, 6.07) is 3.90. The van der Waals surface area contributed by atoms with E-state index in [1.807, 2.05) is 0 Å². The number of halogens is 1. The maximum absolute atomic E-state index is 13.9. The molecule has 0 N–H and O–H groups in total. The van der Waals surface area contributed by atoms with Gasteiger partial charge in [-0.15, -0.1) is 0 Å². The Balaban J connectivity index is 2.28. The number of sulfonamides is 1. The third-order valence-electron chi connectivity index (χ3n) is 3.20. The molecule has 1 fully saturated rings. The lowest BCUT2D eigenvalue weighted by Crippen LogP contribution is -2.48. The van der Waals surface area contributed by atoms with Gasteiger partial charge in [0.1, 0.15) is 10.7 Å². The Bertz CT molecular complexity index is 646. The Hall–Kier alpha value is -1.51. The first-order valence-corrected chi connectivity index (χ1v) is 7.76. The topological polar surface area (TPSA) is 72.9 Å². The fraction of sp³-hybridized carbons (Fsp3) is 0.462. The summed E-state index contributed by atoms with van der Waals surface area (Å²) in [5, 5.41) is 0. The monoisotopic (exact) mass is 317 g/mol. The van der Waals surface area contributed by atoms with E-state index in [9.17, 15) is 17.6 Å². The number of benzene rings is 1. The summed E-state index contributed by atoms with van der Waals surface area (Å²) in [4.78, 5) is 11.0. The predicted octanol–water partition coefficient (Wildman–Crippen LogP) is 0.697. The largest absolute Gasteiger partial charge is 0.467 e. The van der Waals surface area contributed by atoms with Gasteiger partial charge >= 0.3 is 5.97 Å². The molecule has 0 spiro atoms. The molecule has 8 heteroatoms. The van der Waals surface area contributed by atoms with Crippen LogP contribution in [0.1, 0.15) is 5.56 Å². The van der Waals surface area contributed by atoms with Crippen molar-refractivity contribution in [3.8, 4) is 0 Å². The zero-order chi connectivity index (χ0) is 15.6. The Morgan fingerprint density at radius 3 is 2.81 bits per heavy atom. The summed E-state index contributed by atoms with van der Waals surface area (Å²) in [5.74, 6) is -1.46. The van der Waals surface area contributed by atoms with Gasteiger partial charge in [-0.1, -0.05) is 6.07 Å². The number of ether oxygens (including phenoxy) is 2. The molecule has 0 unspecified atom stereocenters. The van der Waals surface area contributed by atoms with Crippen molar-refractivity contribution in [3.63, 3.8) is 0 Å². The van der Waals surface area contributed by atoms with E-state index in [1.54, 1.807) is 6.92 Å². The molecular formula is C13H16FNO5S. The molecule has 0 saturated carbocycles. The Morgan fingerprint density at radius 2 is 2.19 bits per heavy atom. The number of hydrogen-bond acceptors (Lipinski definition) is 5. The number of rotatable bonds is 3. The lowest BCUT2D eigenvalue weighted by atomic mass is 10.2. The summed E-state index contributed by atoms with van der Waals surface area (Å²) in [6.45, 7) is 1.58. The average Bonchev–Trinajstić information content (AvgIpc) is 2.46. The Morgan fingerprint density at radius 1 is 1.48 bits per heavy atom. The van der Waals surface area contributed by atoms with E-state index >= 15 is 0 Å². The van der Waals surface area contributed by atoms with E-state index in [4.69, 9.17) is 4.74 Å². The number of carbonyl (C=O) groups is 1. The van der Waals surface area contributed by atoms with Crippen LogP contribution in [0.15, 0.2) is 23.1 Å². The molecule has 1 aromatic carbocycles. The summed E-state index contributed by atoms with van der Waals surface area (Å²) in [6.07, 6.45) is -0.993. The van der Waals surface area contributed by atoms with Gasteiger partial charge in [0.15, 0.2) is 6.10 Å². The van der Waals surface area contributed by atoms with Crippen LogP contribution in [0.5, 0.6) is 0 Å². The molecule has 1 aromatic rings. The van der Waals surface area contributed by atoms with Gasteiger partial charge < -0.3 is 9.47 Å². The second-order valence-electron chi connectivity index (χ2n) is 4.68. The quantitative estimate of drug-likeness (QED) is 0.767. The molecule has 1 aliphatic heterocycles. The third kappa shape index (κ3) is 3.22. The first kappa shape index (κ1) is 15.9. The van der Waals surface area contributed by atoms with E-state index in [0.29, 0.717) is 5.56 Å². The maximum Gasteiger partial charge on any atom is 0.336 e. The van der Waals surface area contributed by atoms with Crippen molar-refractivity contribution in [1.82, 2.24) is 4.31 Å². The molecule has 1 saturated heterocycles. The van der Waals surface area contributed by atoms with Crippen LogP contribution in [0.4, 0.5) is 4.39 Å². The number of aryl methyl sites for hydroxylation is 1. The minimum Gasteiger partial charge on any atom is -0.467 e. The van der Waals surface area contributed by atoms with Gasteiger partial charge in [0.2, 0.25) is 10.0 Å². The average molecular weight is 317 g/mol. The third-order valence-corrected chi connectivity index (χ3v) is 5.10. The number of nitrogens with zero attached hydrogens (tertiary/aromatic N) is 1. The van der Waals surface area contributed by atoms with Crippen LogP contribution < -0.4 is 0 Å². The lowest BCUT2D eigenvalue weighted by molar-refractivity contribution is -0.157. The molecular weight excluding hydrogens is 301 g/mol. The fourth-order valence-corrected chi connectivity index (χ4v) is 3.54. The SMILES string of the molecule is COC(=O)[C@@H]1CN(S(=O)(=O)c2ccc(C)cc2F)CCO1. The van der Waals surface area contributed by atoms with Gasteiger partial charge in [-0.3, -0.25) is 0 Å². The van der Waals surface area contributed by atoms with Crippen molar-refractivity contribution >= 4 is 16.0 Å². The lowest BCUT2D eigenvalue weighted by Gasteiger charge is -2.30. The first-order chi connectivity index (χ1) is 9.86. The fourth-order valence-electron chi connectivity index (χ4n) is 2.07. The van der Waals surface area contributed by atoms with Crippen molar-refractivity contribution in [1.29, 1.82) is 0 Å².